The summed E-state index contributed by atoms with van der Waals surface area (Å²) in [6, 6.07) is 6.57. The van der Waals surface area contributed by atoms with E-state index in [1.807, 2.05) is 4.68 Å². The van der Waals surface area contributed by atoms with Crippen molar-refractivity contribution in [3.63, 3.8) is 0 Å². The second-order valence-electron chi connectivity index (χ2n) is 6.67. The lowest BCUT2D eigenvalue weighted by molar-refractivity contribution is -0.384. The molecule has 164 valence electrons. The molecule has 12 heteroatoms. The van der Waals surface area contributed by atoms with Gasteiger partial charge < -0.3 is 20.7 Å². The first-order chi connectivity index (χ1) is 14.1. The summed E-state index contributed by atoms with van der Waals surface area (Å²) in [5, 5.41) is 25.1. The highest BCUT2D eigenvalue weighted by atomic mass is 127. The monoisotopic (exact) mass is 530 g/mol. The molecule has 30 heavy (non-hydrogen) atoms. The lowest BCUT2D eigenvalue weighted by atomic mass is 10.1. The van der Waals surface area contributed by atoms with Gasteiger partial charge in [0.1, 0.15) is 12.4 Å². The number of nitro groups is 1. The Morgan fingerprint density at radius 3 is 2.80 bits per heavy atom. The number of aliphatic imine (C=N–C) groups is 1. The number of methoxy groups -OCH3 is 1. The lowest BCUT2D eigenvalue weighted by Gasteiger charge is -2.25. The topological polar surface area (TPSA) is 132 Å². The predicted octanol–water partition coefficient (Wildman–Crippen LogP) is 1.54. The van der Waals surface area contributed by atoms with Crippen LogP contribution in [-0.4, -0.2) is 58.9 Å². The van der Waals surface area contributed by atoms with Gasteiger partial charge in [-0.3, -0.25) is 15.1 Å². The zero-order chi connectivity index (χ0) is 20.6. The van der Waals surface area contributed by atoms with E-state index in [1.165, 1.54) is 12.1 Å². The third-order valence-corrected chi connectivity index (χ3v) is 4.56. The number of halogens is 1. The molecule has 0 fully saturated rings. The first kappa shape index (κ1) is 23.8. The maximum absolute atomic E-state index is 10.7. The zero-order valence-corrected chi connectivity index (χ0v) is 19.3. The van der Waals surface area contributed by atoms with E-state index in [-0.39, 0.29) is 35.7 Å². The average molecular weight is 530 g/mol. The van der Waals surface area contributed by atoms with Crippen molar-refractivity contribution in [1.82, 2.24) is 25.4 Å². The van der Waals surface area contributed by atoms with Gasteiger partial charge in [0.15, 0.2) is 11.8 Å². The molecule has 2 aromatic rings. The lowest BCUT2D eigenvalue weighted by Crippen LogP contribution is -2.47. The highest BCUT2D eigenvalue weighted by molar-refractivity contribution is 14.0. The van der Waals surface area contributed by atoms with Gasteiger partial charge in [0.05, 0.1) is 11.5 Å². The van der Waals surface area contributed by atoms with Crippen LogP contribution < -0.4 is 16.0 Å². The highest BCUT2D eigenvalue weighted by Gasteiger charge is 2.22. The third kappa shape index (κ3) is 6.52. The molecule has 3 N–H and O–H groups in total. The van der Waals surface area contributed by atoms with Gasteiger partial charge in [0.2, 0.25) is 0 Å². The van der Waals surface area contributed by atoms with Gasteiger partial charge in [-0.05, 0) is 18.6 Å². The summed E-state index contributed by atoms with van der Waals surface area (Å²) in [6.07, 6.45) is 1.81. The Bertz CT molecular complexity index is 856. The summed E-state index contributed by atoms with van der Waals surface area (Å²) in [6.45, 7) is 2.45. The highest BCUT2D eigenvalue weighted by Crippen LogP contribution is 2.15. The van der Waals surface area contributed by atoms with E-state index in [1.54, 1.807) is 26.3 Å². The summed E-state index contributed by atoms with van der Waals surface area (Å²) in [7, 11) is 3.37. The van der Waals surface area contributed by atoms with Gasteiger partial charge in [-0.15, -0.1) is 24.0 Å². The number of aromatic nitrogens is 3. The van der Waals surface area contributed by atoms with Crippen molar-refractivity contribution in [2.45, 2.75) is 32.0 Å². The number of nitro benzene ring substituents is 1. The third-order valence-electron chi connectivity index (χ3n) is 4.56. The SMILES string of the molecule is CN=C(NCCNc1ccc([N+](=O)[O-])cc1)NC1CCc2nc(COC)nn2C1.I. The first-order valence-corrected chi connectivity index (χ1v) is 9.46. The largest absolute Gasteiger partial charge is 0.383 e. The van der Waals surface area contributed by atoms with Gasteiger partial charge in [-0.25, -0.2) is 9.67 Å². The molecule has 1 aromatic heterocycles. The van der Waals surface area contributed by atoms with E-state index < -0.39 is 4.92 Å². The van der Waals surface area contributed by atoms with Crippen LogP contribution >= 0.6 is 24.0 Å². The maximum atomic E-state index is 10.7. The maximum Gasteiger partial charge on any atom is 0.269 e. The number of hydrogen-bond acceptors (Lipinski definition) is 7. The molecule has 1 aliphatic rings. The number of nitrogens with one attached hydrogen (secondary N) is 3. The van der Waals surface area contributed by atoms with Crippen molar-refractivity contribution >= 4 is 41.3 Å². The summed E-state index contributed by atoms with van der Waals surface area (Å²) in [5.41, 5.74) is 0.911. The second kappa shape index (κ2) is 11.6. The van der Waals surface area contributed by atoms with Crippen LogP contribution in [0.15, 0.2) is 29.3 Å². The van der Waals surface area contributed by atoms with Gasteiger partial charge in [-0.2, -0.15) is 5.10 Å². The average Bonchev–Trinajstić information content (AvgIpc) is 3.12. The van der Waals surface area contributed by atoms with E-state index >= 15 is 0 Å². The molecule has 1 aromatic carbocycles. The minimum Gasteiger partial charge on any atom is -0.383 e. The van der Waals surface area contributed by atoms with Gasteiger partial charge >= 0.3 is 0 Å². The number of rotatable bonds is 8. The second-order valence-corrected chi connectivity index (χ2v) is 6.67. The molecule has 3 rings (SSSR count). The Balaban J connectivity index is 0.00000320. The van der Waals surface area contributed by atoms with E-state index in [4.69, 9.17) is 4.74 Å². The number of nitrogens with zero attached hydrogens (tertiary/aromatic N) is 5. The molecule has 0 saturated carbocycles. The number of non-ortho nitro benzene ring substituents is 1. The molecule has 0 saturated heterocycles. The van der Waals surface area contributed by atoms with Crippen molar-refractivity contribution < 1.29 is 9.66 Å². The van der Waals surface area contributed by atoms with Crippen LogP contribution in [0.3, 0.4) is 0 Å². The van der Waals surface area contributed by atoms with Crippen molar-refractivity contribution in [2.24, 2.45) is 4.99 Å². The summed E-state index contributed by atoms with van der Waals surface area (Å²) < 4.78 is 7.03. The van der Waals surface area contributed by atoms with Crippen LogP contribution in [0.5, 0.6) is 0 Å². The van der Waals surface area contributed by atoms with Crippen molar-refractivity contribution in [2.75, 3.05) is 32.6 Å². The number of hydrogen-bond donors (Lipinski definition) is 3. The molecule has 0 amide bonds. The fourth-order valence-electron chi connectivity index (χ4n) is 3.15. The normalized spacial score (nSPS) is 15.7. The number of anilines is 1. The molecule has 0 bridgehead atoms. The molecule has 1 unspecified atom stereocenters. The van der Waals surface area contributed by atoms with Crippen molar-refractivity contribution in [3.05, 3.63) is 46.0 Å². The molecular formula is C18H27IN8O3. The molecular weight excluding hydrogens is 503 g/mol. The molecule has 0 aliphatic carbocycles. The Kier molecular flexibility index (Phi) is 9.23. The van der Waals surface area contributed by atoms with Crippen LogP contribution in [0.4, 0.5) is 11.4 Å². The molecule has 1 atom stereocenters. The van der Waals surface area contributed by atoms with Crippen molar-refractivity contribution in [3.8, 4) is 0 Å². The van der Waals surface area contributed by atoms with Gasteiger partial charge in [-0.1, -0.05) is 0 Å². The molecule has 1 aliphatic heterocycles. The predicted molar refractivity (Wildman–Crippen MR) is 124 cm³/mol. The van der Waals surface area contributed by atoms with E-state index in [0.29, 0.717) is 25.5 Å². The van der Waals surface area contributed by atoms with Gasteiger partial charge in [0.25, 0.3) is 5.69 Å². The number of guanidine groups is 1. The van der Waals surface area contributed by atoms with Crippen LogP contribution in [0.25, 0.3) is 0 Å². The van der Waals surface area contributed by atoms with E-state index in [0.717, 1.165) is 36.9 Å². The van der Waals surface area contributed by atoms with E-state index in [9.17, 15) is 10.1 Å². The molecule has 0 radical (unpaired) electrons. The fraction of sp³-hybridized carbons (Fsp3) is 0.500. The number of fused-ring (bicyclic) bond motifs is 1. The van der Waals surface area contributed by atoms with Crippen LogP contribution in [-0.2, 0) is 24.3 Å². The Labute approximate surface area is 191 Å². The summed E-state index contributed by atoms with van der Waals surface area (Å²) in [5.74, 6) is 2.43. The van der Waals surface area contributed by atoms with Crippen LogP contribution in [0, 0.1) is 10.1 Å². The van der Waals surface area contributed by atoms with E-state index in [2.05, 4.69) is 31.0 Å². The summed E-state index contributed by atoms with van der Waals surface area (Å²) >= 11 is 0. The minimum atomic E-state index is -0.410. The first-order valence-electron chi connectivity index (χ1n) is 9.46. The number of aryl methyl sites for hydroxylation is 1. The molecule has 11 nitrogen and oxygen atoms in total. The smallest absolute Gasteiger partial charge is 0.269 e. The van der Waals surface area contributed by atoms with Gasteiger partial charge in [0, 0.05) is 57.5 Å². The molecule has 2 heterocycles. The Morgan fingerprint density at radius 1 is 1.37 bits per heavy atom. The number of ether oxygens (including phenoxy) is 1. The Morgan fingerprint density at radius 2 is 2.13 bits per heavy atom. The fourth-order valence-corrected chi connectivity index (χ4v) is 3.15. The quantitative estimate of drug-likeness (QED) is 0.117. The van der Waals surface area contributed by atoms with Crippen LogP contribution in [0.1, 0.15) is 18.1 Å². The Hall–Kier alpha value is -2.48. The standard InChI is InChI=1S/C18H26N8O3.HI/c1-19-18(21-10-9-20-13-3-6-15(7-4-13)26(27)28)22-14-5-8-17-23-16(12-29-2)24-25(17)11-14;/h3-4,6-7,14,20H,5,8-12H2,1-2H3,(H2,19,21,22);1H. The summed E-state index contributed by atoms with van der Waals surface area (Å²) in [4.78, 5) is 19.0. The van der Waals surface area contributed by atoms with Crippen molar-refractivity contribution in [1.29, 1.82) is 0 Å². The molecule has 0 spiro atoms. The zero-order valence-electron chi connectivity index (χ0n) is 17.0. The van der Waals surface area contributed by atoms with Crippen LogP contribution in [0.2, 0.25) is 0 Å². The minimum absolute atomic E-state index is 0. The number of benzene rings is 1.